The van der Waals surface area contributed by atoms with Gasteiger partial charge in [-0.05, 0) is 42.0 Å². The van der Waals surface area contributed by atoms with Gasteiger partial charge in [-0.3, -0.25) is 0 Å². The van der Waals surface area contributed by atoms with Crippen LogP contribution >= 0.6 is 11.6 Å². The van der Waals surface area contributed by atoms with Gasteiger partial charge in [-0.1, -0.05) is 23.7 Å². The number of benzene rings is 2. The van der Waals surface area contributed by atoms with E-state index in [1.165, 1.54) is 6.08 Å². The number of hydrogen-bond acceptors (Lipinski definition) is 4. The van der Waals surface area contributed by atoms with Gasteiger partial charge < -0.3 is 14.2 Å². The molecule has 0 aliphatic carbocycles. The topological polar surface area (TPSA) is 44.8 Å². The summed E-state index contributed by atoms with van der Waals surface area (Å²) in [6, 6.07) is 12.1. The number of rotatable bonds is 3. The van der Waals surface area contributed by atoms with E-state index in [4.69, 9.17) is 25.8 Å². The Kier molecular flexibility index (Phi) is 3.79. The van der Waals surface area contributed by atoms with E-state index in [-0.39, 0.29) is 6.79 Å². The fraction of sp³-hybridized carbons (Fsp3) is 0.0625. The summed E-state index contributed by atoms with van der Waals surface area (Å²) in [4.78, 5) is 11.7. The van der Waals surface area contributed by atoms with Gasteiger partial charge in [0.25, 0.3) is 0 Å². The molecule has 0 saturated heterocycles. The molecule has 5 heteroatoms. The average molecular weight is 303 g/mol. The van der Waals surface area contributed by atoms with Gasteiger partial charge >= 0.3 is 5.97 Å². The maximum Gasteiger partial charge on any atom is 0.336 e. The quantitative estimate of drug-likeness (QED) is 0.493. The Bertz CT molecular complexity index is 709. The molecule has 0 bridgehead atoms. The zero-order valence-electron chi connectivity index (χ0n) is 10.9. The maximum absolute atomic E-state index is 11.7. The Balaban J connectivity index is 1.67. The number of halogens is 1. The third-order valence-electron chi connectivity index (χ3n) is 2.82. The first-order valence-corrected chi connectivity index (χ1v) is 6.64. The number of carbonyl (C=O) groups excluding carboxylic acids is 1. The minimum atomic E-state index is -0.477. The molecule has 0 spiro atoms. The van der Waals surface area contributed by atoms with Crippen LogP contribution in [0.1, 0.15) is 5.56 Å². The third-order valence-corrected chi connectivity index (χ3v) is 3.06. The zero-order chi connectivity index (χ0) is 14.7. The summed E-state index contributed by atoms with van der Waals surface area (Å²) in [6.07, 6.45) is 2.99. The van der Waals surface area contributed by atoms with E-state index in [1.54, 1.807) is 42.5 Å². The molecule has 106 valence electrons. The SMILES string of the molecule is O=C(/C=C/c1ccc2c(c1)OCO2)Oc1cccc(Cl)c1. The average Bonchev–Trinajstić information content (AvgIpc) is 2.92. The van der Waals surface area contributed by atoms with Crippen molar-refractivity contribution in [1.29, 1.82) is 0 Å². The Hall–Kier alpha value is -2.46. The monoisotopic (exact) mass is 302 g/mol. The second-order valence-electron chi connectivity index (χ2n) is 4.32. The molecule has 2 aromatic rings. The number of hydrogen-bond donors (Lipinski definition) is 0. The predicted octanol–water partition coefficient (Wildman–Crippen LogP) is 3.69. The van der Waals surface area contributed by atoms with E-state index in [0.717, 1.165) is 5.56 Å². The molecule has 0 saturated carbocycles. The maximum atomic E-state index is 11.7. The first-order chi connectivity index (χ1) is 10.2. The highest BCUT2D eigenvalue weighted by Gasteiger charge is 2.12. The van der Waals surface area contributed by atoms with Gasteiger partial charge in [0.2, 0.25) is 6.79 Å². The van der Waals surface area contributed by atoms with Crippen molar-refractivity contribution in [2.75, 3.05) is 6.79 Å². The smallest absolute Gasteiger partial charge is 0.336 e. The molecule has 0 unspecified atom stereocenters. The van der Waals surface area contributed by atoms with E-state index >= 15 is 0 Å². The van der Waals surface area contributed by atoms with Crippen LogP contribution in [0.2, 0.25) is 5.02 Å². The summed E-state index contributed by atoms with van der Waals surface area (Å²) in [6.45, 7) is 0.222. The number of ether oxygens (including phenoxy) is 3. The van der Waals surface area contributed by atoms with Crippen LogP contribution in [0.25, 0.3) is 6.08 Å². The van der Waals surface area contributed by atoms with Gasteiger partial charge in [-0.2, -0.15) is 0 Å². The van der Waals surface area contributed by atoms with Crippen molar-refractivity contribution in [3.63, 3.8) is 0 Å². The molecule has 0 amide bonds. The van der Waals surface area contributed by atoms with E-state index in [2.05, 4.69) is 0 Å². The lowest BCUT2D eigenvalue weighted by atomic mass is 10.2. The summed E-state index contributed by atoms with van der Waals surface area (Å²) >= 11 is 5.82. The highest BCUT2D eigenvalue weighted by Crippen LogP contribution is 2.32. The van der Waals surface area contributed by atoms with Crippen LogP contribution in [0.4, 0.5) is 0 Å². The molecule has 0 atom stereocenters. The minimum absolute atomic E-state index is 0.222. The summed E-state index contributed by atoms with van der Waals surface area (Å²) in [5.41, 5.74) is 0.822. The number of fused-ring (bicyclic) bond motifs is 1. The lowest BCUT2D eigenvalue weighted by Gasteiger charge is -2.01. The van der Waals surface area contributed by atoms with Crippen LogP contribution in [0.5, 0.6) is 17.2 Å². The summed E-state index contributed by atoms with van der Waals surface area (Å²) in [5.74, 6) is 1.30. The fourth-order valence-electron chi connectivity index (χ4n) is 1.86. The van der Waals surface area contributed by atoms with Crippen LogP contribution < -0.4 is 14.2 Å². The van der Waals surface area contributed by atoms with E-state index < -0.39 is 5.97 Å². The van der Waals surface area contributed by atoms with E-state index in [1.807, 2.05) is 6.07 Å². The number of carbonyl (C=O) groups is 1. The van der Waals surface area contributed by atoms with Crippen molar-refractivity contribution in [2.45, 2.75) is 0 Å². The molecule has 0 aromatic heterocycles. The second-order valence-corrected chi connectivity index (χ2v) is 4.76. The summed E-state index contributed by atoms with van der Waals surface area (Å²) < 4.78 is 15.6. The van der Waals surface area contributed by atoms with Crippen LogP contribution in [-0.2, 0) is 4.79 Å². The molecule has 4 nitrogen and oxygen atoms in total. The van der Waals surface area contributed by atoms with Crippen molar-refractivity contribution in [2.24, 2.45) is 0 Å². The summed E-state index contributed by atoms with van der Waals surface area (Å²) in [7, 11) is 0. The lowest BCUT2D eigenvalue weighted by molar-refractivity contribution is -0.128. The van der Waals surface area contributed by atoms with Crippen molar-refractivity contribution in [3.8, 4) is 17.2 Å². The Morgan fingerprint density at radius 2 is 2.00 bits per heavy atom. The van der Waals surface area contributed by atoms with Crippen LogP contribution in [-0.4, -0.2) is 12.8 Å². The molecule has 1 aliphatic heterocycles. The van der Waals surface area contributed by atoms with Crippen LogP contribution in [0.15, 0.2) is 48.5 Å². The molecular formula is C16H11ClO4. The van der Waals surface area contributed by atoms with Gasteiger partial charge in [0.05, 0.1) is 0 Å². The lowest BCUT2D eigenvalue weighted by Crippen LogP contribution is -2.03. The molecule has 3 rings (SSSR count). The molecule has 21 heavy (non-hydrogen) atoms. The highest BCUT2D eigenvalue weighted by molar-refractivity contribution is 6.30. The normalized spacial score (nSPS) is 12.6. The Labute approximate surface area is 126 Å². The molecule has 1 heterocycles. The van der Waals surface area contributed by atoms with Crippen molar-refractivity contribution in [1.82, 2.24) is 0 Å². The minimum Gasteiger partial charge on any atom is -0.454 e. The van der Waals surface area contributed by atoms with Gasteiger partial charge in [-0.15, -0.1) is 0 Å². The molecule has 2 aromatic carbocycles. The Morgan fingerprint density at radius 3 is 2.86 bits per heavy atom. The zero-order valence-corrected chi connectivity index (χ0v) is 11.7. The van der Waals surface area contributed by atoms with Crippen molar-refractivity contribution < 1.29 is 19.0 Å². The standard InChI is InChI=1S/C16H11ClO4/c17-12-2-1-3-13(9-12)21-16(18)7-5-11-4-6-14-15(8-11)20-10-19-14/h1-9H,10H2/b7-5+. The first kappa shape index (κ1) is 13.5. The Morgan fingerprint density at radius 1 is 1.14 bits per heavy atom. The summed E-state index contributed by atoms with van der Waals surface area (Å²) in [5, 5.41) is 0.514. The fourth-order valence-corrected chi connectivity index (χ4v) is 2.04. The van der Waals surface area contributed by atoms with Gasteiger partial charge in [0, 0.05) is 11.1 Å². The van der Waals surface area contributed by atoms with Crippen molar-refractivity contribution in [3.05, 3.63) is 59.1 Å². The van der Waals surface area contributed by atoms with E-state index in [0.29, 0.717) is 22.3 Å². The molecule has 0 radical (unpaired) electrons. The van der Waals surface area contributed by atoms with Crippen LogP contribution in [0.3, 0.4) is 0 Å². The largest absolute Gasteiger partial charge is 0.454 e. The molecule has 0 N–H and O–H groups in total. The third kappa shape index (κ3) is 3.35. The highest BCUT2D eigenvalue weighted by atomic mass is 35.5. The second kappa shape index (κ2) is 5.89. The van der Waals surface area contributed by atoms with E-state index in [9.17, 15) is 4.79 Å². The van der Waals surface area contributed by atoms with Gasteiger partial charge in [0.15, 0.2) is 11.5 Å². The van der Waals surface area contributed by atoms with Crippen molar-refractivity contribution >= 4 is 23.6 Å². The van der Waals surface area contributed by atoms with Gasteiger partial charge in [-0.25, -0.2) is 4.79 Å². The van der Waals surface area contributed by atoms with Gasteiger partial charge in [0.1, 0.15) is 5.75 Å². The molecular weight excluding hydrogens is 292 g/mol. The molecule has 1 aliphatic rings. The molecule has 0 fully saturated rings. The van der Waals surface area contributed by atoms with Crippen LogP contribution in [0, 0.1) is 0 Å². The first-order valence-electron chi connectivity index (χ1n) is 6.26. The number of esters is 1. The predicted molar refractivity (Wildman–Crippen MR) is 78.7 cm³/mol.